The summed E-state index contributed by atoms with van der Waals surface area (Å²) >= 11 is 1.48. The summed E-state index contributed by atoms with van der Waals surface area (Å²) in [7, 11) is 0. The van der Waals surface area contributed by atoms with Crippen molar-refractivity contribution in [3.63, 3.8) is 0 Å². The lowest BCUT2D eigenvalue weighted by atomic mass is 10.1. The molecule has 0 radical (unpaired) electrons. The van der Waals surface area contributed by atoms with E-state index in [1.807, 2.05) is 41.8 Å². The molecule has 0 N–H and O–H groups in total. The van der Waals surface area contributed by atoms with E-state index in [2.05, 4.69) is 4.99 Å². The summed E-state index contributed by atoms with van der Waals surface area (Å²) in [6.07, 6.45) is 0. The molecule has 2 aromatic carbocycles. The molecule has 0 saturated heterocycles. The molecule has 1 aromatic heterocycles. The molecule has 0 aliphatic heterocycles. The Morgan fingerprint density at radius 2 is 2.00 bits per heavy atom. The maximum absolute atomic E-state index is 12.5. The number of benzene rings is 2. The average Bonchev–Trinajstić information content (AvgIpc) is 2.99. The predicted octanol–water partition coefficient (Wildman–Crippen LogP) is 3.35. The molecule has 0 atom stereocenters. The van der Waals surface area contributed by atoms with Gasteiger partial charge in [0.15, 0.2) is 4.80 Å². The summed E-state index contributed by atoms with van der Waals surface area (Å²) in [4.78, 5) is 17.4. The normalized spacial score (nSPS) is 11.6. The molecule has 1 heterocycles. The fourth-order valence-electron chi connectivity index (χ4n) is 2.46. The number of rotatable bonds is 5. The van der Waals surface area contributed by atoms with E-state index in [0.717, 1.165) is 10.2 Å². The smallest absolute Gasteiger partial charge is 0.279 e. The van der Waals surface area contributed by atoms with Crippen molar-refractivity contribution in [3.05, 3.63) is 64.5 Å². The third-order valence-corrected chi connectivity index (χ3v) is 4.77. The number of carbonyl (C=O) groups is 1. The molecule has 0 saturated carbocycles. The van der Waals surface area contributed by atoms with Gasteiger partial charge in [0, 0.05) is 18.7 Å². The van der Waals surface area contributed by atoms with Crippen LogP contribution in [0.2, 0.25) is 0 Å². The van der Waals surface area contributed by atoms with Gasteiger partial charge in [-0.25, -0.2) is 0 Å². The molecule has 25 heavy (non-hydrogen) atoms. The lowest BCUT2D eigenvalue weighted by molar-refractivity contribution is 0.0996. The lowest BCUT2D eigenvalue weighted by Gasteiger charge is -2.05. The third kappa shape index (κ3) is 3.85. The van der Waals surface area contributed by atoms with Gasteiger partial charge >= 0.3 is 0 Å². The number of aromatic nitrogens is 1. The van der Waals surface area contributed by atoms with E-state index < -0.39 is 0 Å². The highest BCUT2D eigenvalue weighted by Crippen LogP contribution is 2.17. The van der Waals surface area contributed by atoms with Gasteiger partial charge in [-0.2, -0.15) is 10.3 Å². The van der Waals surface area contributed by atoms with Crippen molar-refractivity contribution in [1.82, 2.24) is 4.57 Å². The van der Waals surface area contributed by atoms with Crippen molar-refractivity contribution >= 4 is 27.5 Å². The monoisotopic (exact) mass is 351 g/mol. The first-order chi connectivity index (χ1) is 12.2. The summed E-state index contributed by atoms with van der Waals surface area (Å²) in [5.74, 6) is -0.318. The molecular weight excluding hydrogens is 334 g/mol. The Morgan fingerprint density at radius 3 is 2.72 bits per heavy atom. The minimum Gasteiger partial charge on any atom is -0.380 e. The Balaban J connectivity index is 2.00. The zero-order chi connectivity index (χ0) is 17.6. The van der Waals surface area contributed by atoms with Crippen LogP contribution >= 0.6 is 11.3 Å². The Kier molecular flexibility index (Phi) is 5.39. The van der Waals surface area contributed by atoms with Crippen LogP contribution in [0.3, 0.4) is 0 Å². The molecule has 0 bridgehead atoms. The molecule has 3 rings (SSSR count). The molecule has 6 heteroatoms. The van der Waals surface area contributed by atoms with Crippen molar-refractivity contribution in [2.24, 2.45) is 4.99 Å². The van der Waals surface area contributed by atoms with Crippen LogP contribution in [0.25, 0.3) is 10.2 Å². The van der Waals surface area contributed by atoms with Gasteiger partial charge < -0.3 is 9.30 Å². The summed E-state index contributed by atoms with van der Waals surface area (Å²) in [6.45, 7) is 3.81. The summed E-state index contributed by atoms with van der Waals surface area (Å²) in [5.41, 5.74) is 2.02. The number of ether oxygens (including phenoxy) is 1. The molecule has 5 nitrogen and oxygen atoms in total. The third-order valence-electron chi connectivity index (χ3n) is 3.71. The van der Waals surface area contributed by atoms with E-state index in [9.17, 15) is 4.79 Å². The van der Waals surface area contributed by atoms with Crippen LogP contribution in [0, 0.1) is 11.3 Å². The van der Waals surface area contributed by atoms with E-state index in [-0.39, 0.29) is 5.91 Å². The van der Waals surface area contributed by atoms with Gasteiger partial charge in [0.05, 0.1) is 28.5 Å². The zero-order valence-electron chi connectivity index (χ0n) is 13.8. The number of hydrogen-bond donors (Lipinski definition) is 0. The number of nitriles is 1. The second-order valence-electron chi connectivity index (χ2n) is 5.31. The van der Waals surface area contributed by atoms with Gasteiger partial charge in [0.2, 0.25) is 0 Å². The molecule has 1 amide bonds. The van der Waals surface area contributed by atoms with E-state index in [0.29, 0.717) is 35.7 Å². The van der Waals surface area contributed by atoms with Gasteiger partial charge in [-0.1, -0.05) is 23.5 Å². The Labute approximate surface area is 149 Å². The fourth-order valence-corrected chi connectivity index (χ4v) is 3.52. The number of thiazole rings is 1. The van der Waals surface area contributed by atoms with Crippen molar-refractivity contribution < 1.29 is 9.53 Å². The second kappa shape index (κ2) is 7.88. The highest BCUT2D eigenvalue weighted by Gasteiger charge is 2.09. The number of nitrogens with zero attached hydrogens (tertiary/aromatic N) is 3. The molecule has 0 spiro atoms. The number of carbonyl (C=O) groups excluding carboxylic acids is 1. The quantitative estimate of drug-likeness (QED) is 0.662. The topological polar surface area (TPSA) is 67.4 Å². The first-order valence-corrected chi connectivity index (χ1v) is 8.80. The standard InChI is InChI=1S/C19H17N3O2S/c1-2-24-12-11-22-16-5-3-4-6-17(16)25-19(22)21-18(23)15-9-7-14(13-20)8-10-15/h3-10H,2,11-12H2,1H3. The SMILES string of the molecule is CCOCCn1c(=NC(=O)c2ccc(C#N)cc2)sc2ccccc21. The molecule has 0 aliphatic carbocycles. The van der Waals surface area contributed by atoms with Crippen LogP contribution in [0.4, 0.5) is 0 Å². The molecule has 3 aromatic rings. The van der Waals surface area contributed by atoms with Crippen LogP contribution in [-0.4, -0.2) is 23.7 Å². The van der Waals surface area contributed by atoms with Crippen molar-refractivity contribution in [2.45, 2.75) is 13.5 Å². The number of hydrogen-bond acceptors (Lipinski definition) is 4. The van der Waals surface area contributed by atoms with Crippen molar-refractivity contribution in [3.8, 4) is 6.07 Å². The van der Waals surface area contributed by atoms with Gasteiger partial charge in [-0.15, -0.1) is 0 Å². The maximum atomic E-state index is 12.5. The van der Waals surface area contributed by atoms with Crippen LogP contribution in [0.1, 0.15) is 22.8 Å². The van der Waals surface area contributed by atoms with Crippen molar-refractivity contribution in [2.75, 3.05) is 13.2 Å². The minimum absolute atomic E-state index is 0.318. The highest BCUT2D eigenvalue weighted by molar-refractivity contribution is 7.16. The van der Waals surface area contributed by atoms with Crippen LogP contribution in [0.15, 0.2) is 53.5 Å². The zero-order valence-corrected chi connectivity index (χ0v) is 14.6. The molecular formula is C19H17N3O2S. The highest BCUT2D eigenvalue weighted by atomic mass is 32.1. The van der Waals surface area contributed by atoms with Crippen LogP contribution < -0.4 is 4.80 Å². The molecule has 126 valence electrons. The van der Waals surface area contributed by atoms with E-state index >= 15 is 0 Å². The van der Waals surface area contributed by atoms with Gasteiger partial charge in [-0.3, -0.25) is 4.79 Å². The first kappa shape index (κ1) is 17.1. The number of fused-ring (bicyclic) bond motifs is 1. The first-order valence-electron chi connectivity index (χ1n) is 7.98. The Morgan fingerprint density at radius 1 is 1.24 bits per heavy atom. The van der Waals surface area contributed by atoms with Gasteiger partial charge in [0.1, 0.15) is 0 Å². The summed E-state index contributed by atoms with van der Waals surface area (Å²) < 4.78 is 8.54. The van der Waals surface area contributed by atoms with Crippen molar-refractivity contribution in [1.29, 1.82) is 5.26 Å². The molecule has 0 unspecified atom stereocenters. The summed E-state index contributed by atoms with van der Waals surface area (Å²) in [5, 5.41) is 8.85. The molecule has 0 aliphatic rings. The van der Waals surface area contributed by atoms with Crippen LogP contribution in [-0.2, 0) is 11.3 Å². The number of amides is 1. The minimum atomic E-state index is -0.318. The average molecular weight is 351 g/mol. The Hall–Kier alpha value is -2.75. The van der Waals surface area contributed by atoms with E-state index in [1.165, 1.54) is 11.3 Å². The summed E-state index contributed by atoms with van der Waals surface area (Å²) in [6, 6.07) is 16.5. The fraction of sp³-hybridized carbons (Fsp3) is 0.211. The largest absolute Gasteiger partial charge is 0.380 e. The lowest BCUT2D eigenvalue weighted by Crippen LogP contribution is -2.19. The number of para-hydroxylation sites is 1. The van der Waals surface area contributed by atoms with E-state index in [4.69, 9.17) is 10.00 Å². The maximum Gasteiger partial charge on any atom is 0.279 e. The predicted molar refractivity (Wildman–Crippen MR) is 97.4 cm³/mol. The van der Waals surface area contributed by atoms with Gasteiger partial charge in [-0.05, 0) is 43.3 Å². The van der Waals surface area contributed by atoms with Crippen LogP contribution in [0.5, 0.6) is 0 Å². The van der Waals surface area contributed by atoms with E-state index in [1.54, 1.807) is 24.3 Å². The van der Waals surface area contributed by atoms with Gasteiger partial charge in [0.25, 0.3) is 5.91 Å². The Bertz CT molecular complexity index is 994. The second-order valence-corrected chi connectivity index (χ2v) is 6.32. The molecule has 0 fully saturated rings.